The number of halogens is 2. The first-order chi connectivity index (χ1) is 9.60. The number of hydrogen-bond donors (Lipinski definition) is 3. The van der Waals surface area contributed by atoms with E-state index in [0.717, 1.165) is 10.9 Å². The summed E-state index contributed by atoms with van der Waals surface area (Å²) >= 11 is 1.47. The molecule has 20 heavy (non-hydrogen) atoms. The van der Waals surface area contributed by atoms with Crippen LogP contribution in [-0.2, 0) is 6.54 Å². The average Bonchev–Trinajstić information content (AvgIpc) is 2.92. The van der Waals surface area contributed by atoms with Crippen LogP contribution in [0.1, 0.15) is 4.88 Å². The lowest BCUT2D eigenvalue weighted by Gasteiger charge is -2.09. The van der Waals surface area contributed by atoms with Crippen LogP contribution in [0.15, 0.2) is 34.8 Å². The molecule has 0 atom stereocenters. The van der Waals surface area contributed by atoms with Crippen LogP contribution in [0.25, 0.3) is 0 Å². The minimum Gasteiger partial charge on any atom is -0.333 e. The molecule has 0 unspecified atom stereocenters. The Morgan fingerprint density at radius 3 is 2.85 bits per heavy atom. The lowest BCUT2D eigenvalue weighted by Crippen LogP contribution is -2.28. The summed E-state index contributed by atoms with van der Waals surface area (Å²) in [6.45, 7) is 0.291. The van der Waals surface area contributed by atoms with Gasteiger partial charge >= 0.3 is 6.03 Å². The summed E-state index contributed by atoms with van der Waals surface area (Å²) in [4.78, 5) is 12.6. The number of urea groups is 1. The predicted molar refractivity (Wildman–Crippen MR) is 71.3 cm³/mol. The third-order valence-corrected chi connectivity index (χ3v) is 3.27. The molecule has 0 saturated heterocycles. The number of thiophene rings is 1. The van der Waals surface area contributed by atoms with Crippen LogP contribution in [0.2, 0.25) is 0 Å². The lowest BCUT2D eigenvalue weighted by molar-refractivity contribution is 0.251. The second kappa shape index (κ2) is 6.20. The first kappa shape index (κ1) is 14.1. The van der Waals surface area contributed by atoms with E-state index in [1.165, 1.54) is 11.3 Å². The third-order valence-electron chi connectivity index (χ3n) is 2.40. The van der Waals surface area contributed by atoms with E-state index < -0.39 is 17.7 Å². The molecule has 2 amide bonds. The van der Waals surface area contributed by atoms with Gasteiger partial charge in [-0.05, 0) is 11.4 Å². The van der Waals surface area contributed by atoms with Crippen molar-refractivity contribution in [3.8, 4) is 0 Å². The van der Waals surface area contributed by atoms with E-state index in [1.807, 2.05) is 17.5 Å². The van der Waals surface area contributed by atoms with Crippen LogP contribution in [0.3, 0.4) is 0 Å². The lowest BCUT2D eigenvalue weighted by atomic mass is 10.2. The van der Waals surface area contributed by atoms with Crippen molar-refractivity contribution in [2.75, 3.05) is 5.32 Å². The number of nitrogens with one attached hydrogen (secondary N) is 3. The molecule has 104 valence electrons. The van der Waals surface area contributed by atoms with E-state index >= 15 is 0 Å². The van der Waals surface area contributed by atoms with E-state index in [-0.39, 0.29) is 11.4 Å². The smallest absolute Gasteiger partial charge is 0.319 e. The molecule has 1 aromatic heterocycles. The minimum atomic E-state index is -0.984. The molecule has 1 heterocycles. The Hall–Kier alpha value is -2.35. The second-order valence-corrected chi connectivity index (χ2v) is 4.81. The zero-order chi connectivity index (χ0) is 14.5. The summed E-state index contributed by atoms with van der Waals surface area (Å²) in [5.41, 5.74) is 6.25. The number of benzene rings is 1. The molecule has 2 aromatic rings. The topological polar surface area (TPSA) is 77.3 Å². The maximum Gasteiger partial charge on any atom is 0.319 e. The van der Waals surface area contributed by atoms with Crippen LogP contribution < -0.4 is 10.6 Å². The van der Waals surface area contributed by atoms with Gasteiger partial charge in [0.1, 0.15) is 17.2 Å². The van der Waals surface area contributed by atoms with Gasteiger partial charge in [-0.25, -0.2) is 19.1 Å². The van der Waals surface area contributed by atoms with E-state index in [9.17, 15) is 13.6 Å². The van der Waals surface area contributed by atoms with Gasteiger partial charge in [-0.2, -0.15) is 5.11 Å². The summed E-state index contributed by atoms with van der Waals surface area (Å²) in [5, 5.41) is 9.59. The van der Waals surface area contributed by atoms with Gasteiger partial charge < -0.3 is 10.6 Å². The van der Waals surface area contributed by atoms with Gasteiger partial charge in [-0.3, -0.25) is 0 Å². The first-order valence-corrected chi connectivity index (χ1v) is 6.42. The SMILES string of the molecule is N=Nc1cc(F)cc(F)c1NC(=O)NCc1cccs1. The van der Waals surface area contributed by atoms with Crippen LogP contribution >= 0.6 is 11.3 Å². The third kappa shape index (κ3) is 3.35. The van der Waals surface area contributed by atoms with Gasteiger partial charge in [0.25, 0.3) is 0 Å². The summed E-state index contributed by atoms with van der Waals surface area (Å²) in [6.07, 6.45) is 0. The van der Waals surface area contributed by atoms with Crippen molar-refractivity contribution in [2.45, 2.75) is 6.54 Å². The molecular weight excluding hydrogens is 286 g/mol. The van der Waals surface area contributed by atoms with Crippen molar-refractivity contribution >= 4 is 28.7 Å². The highest BCUT2D eigenvalue weighted by atomic mass is 32.1. The normalized spacial score (nSPS) is 10.1. The van der Waals surface area contributed by atoms with Crippen LogP contribution in [-0.4, -0.2) is 6.03 Å². The molecule has 0 aliphatic rings. The molecule has 8 heteroatoms. The molecule has 0 saturated carbocycles. The number of hydrogen-bond acceptors (Lipinski definition) is 4. The Bertz CT molecular complexity index is 631. The van der Waals surface area contributed by atoms with Crippen molar-refractivity contribution in [1.29, 1.82) is 5.53 Å². The Morgan fingerprint density at radius 1 is 1.40 bits per heavy atom. The van der Waals surface area contributed by atoms with Crippen molar-refractivity contribution in [2.24, 2.45) is 5.11 Å². The number of carbonyl (C=O) groups excluding carboxylic acids is 1. The fourth-order valence-corrected chi connectivity index (χ4v) is 2.15. The summed E-state index contributed by atoms with van der Waals surface area (Å²) < 4.78 is 26.5. The number of anilines is 1. The number of rotatable bonds is 4. The van der Waals surface area contributed by atoms with Gasteiger partial charge in [-0.15, -0.1) is 11.3 Å². The van der Waals surface area contributed by atoms with E-state index in [1.54, 1.807) is 0 Å². The minimum absolute atomic E-state index is 0.284. The Labute approximate surface area is 117 Å². The highest BCUT2D eigenvalue weighted by Crippen LogP contribution is 2.29. The molecule has 0 aliphatic carbocycles. The predicted octanol–water partition coefficient (Wildman–Crippen LogP) is 4.01. The maximum absolute atomic E-state index is 13.5. The molecule has 2 rings (SSSR count). The fourth-order valence-electron chi connectivity index (χ4n) is 1.51. The standard InChI is InChI=1S/C12H10F2N4OS/c13-7-4-9(14)11(10(5-7)18-15)17-12(19)16-6-8-2-1-3-20-8/h1-5,15H,6H2,(H2,16,17,19). The first-order valence-electron chi connectivity index (χ1n) is 5.54. The Kier molecular flexibility index (Phi) is 4.36. The molecule has 1 aromatic carbocycles. The van der Waals surface area contributed by atoms with E-state index in [4.69, 9.17) is 5.53 Å². The largest absolute Gasteiger partial charge is 0.333 e. The summed E-state index contributed by atoms with van der Waals surface area (Å²) in [5.74, 6) is -1.85. The molecule has 0 spiro atoms. The molecule has 0 aliphatic heterocycles. The molecule has 0 radical (unpaired) electrons. The van der Waals surface area contributed by atoms with Crippen LogP contribution in [0.4, 0.5) is 25.0 Å². The van der Waals surface area contributed by atoms with Crippen molar-refractivity contribution < 1.29 is 13.6 Å². The van der Waals surface area contributed by atoms with Gasteiger partial charge in [0.05, 0.1) is 6.54 Å². The number of carbonyl (C=O) groups is 1. The van der Waals surface area contributed by atoms with Gasteiger partial charge in [0.15, 0.2) is 5.82 Å². The average molecular weight is 296 g/mol. The zero-order valence-corrected chi connectivity index (χ0v) is 10.9. The highest BCUT2D eigenvalue weighted by Gasteiger charge is 2.14. The Balaban J connectivity index is 2.05. The fraction of sp³-hybridized carbons (Fsp3) is 0.0833. The van der Waals surface area contributed by atoms with E-state index in [0.29, 0.717) is 12.6 Å². The molecule has 5 nitrogen and oxygen atoms in total. The van der Waals surface area contributed by atoms with Gasteiger partial charge in [0.2, 0.25) is 0 Å². The summed E-state index contributed by atoms with van der Waals surface area (Å²) in [6, 6.07) is 4.51. The number of nitrogens with zero attached hydrogens (tertiary/aromatic N) is 1. The van der Waals surface area contributed by atoms with E-state index in [2.05, 4.69) is 15.7 Å². The molecule has 3 N–H and O–H groups in total. The van der Waals surface area contributed by atoms with Gasteiger partial charge in [-0.1, -0.05) is 6.07 Å². The second-order valence-electron chi connectivity index (χ2n) is 3.78. The number of amides is 2. The monoisotopic (exact) mass is 296 g/mol. The van der Waals surface area contributed by atoms with Crippen LogP contribution in [0.5, 0.6) is 0 Å². The van der Waals surface area contributed by atoms with Gasteiger partial charge in [0, 0.05) is 17.0 Å². The van der Waals surface area contributed by atoms with Crippen LogP contribution in [0, 0.1) is 17.2 Å². The highest BCUT2D eigenvalue weighted by molar-refractivity contribution is 7.09. The Morgan fingerprint density at radius 2 is 2.20 bits per heavy atom. The molecule has 0 fully saturated rings. The molecular formula is C12H10F2N4OS. The van der Waals surface area contributed by atoms with Crippen molar-refractivity contribution in [3.63, 3.8) is 0 Å². The zero-order valence-electron chi connectivity index (χ0n) is 10.1. The molecule has 0 bridgehead atoms. The van der Waals surface area contributed by atoms with Crippen molar-refractivity contribution in [3.05, 3.63) is 46.2 Å². The summed E-state index contributed by atoms with van der Waals surface area (Å²) in [7, 11) is 0. The quantitative estimate of drug-likeness (QED) is 0.732. The maximum atomic E-state index is 13.5. The van der Waals surface area contributed by atoms with Crippen molar-refractivity contribution in [1.82, 2.24) is 5.32 Å².